The second kappa shape index (κ2) is 6.45. The normalized spacial score (nSPS) is 25.9. The van der Waals surface area contributed by atoms with Crippen molar-refractivity contribution in [3.05, 3.63) is 24.3 Å². The third kappa shape index (κ3) is 3.36. The minimum Gasteiger partial charge on any atom is -0.378 e. The maximum Gasteiger partial charge on any atom is 0.241 e. The number of rotatable bonds is 3. The van der Waals surface area contributed by atoms with E-state index >= 15 is 0 Å². The van der Waals surface area contributed by atoms with E-state index < -0.39 is 0 Å². The van der Waals surface area contributed by atoms with Crippen LogP contribution in [0.4, 0.5) is 11.4 Å². The number of carbonyl (C=O) groups is 1. The molecule has 1 amide bonds. The Hall–Kier alpha value is -1.59. The van der Waals surface area contributed by atoms with E-state index in [0.29, 0.717) is 5.92 Å². The standard InChI is InChI=1S/C16H23N3O2/c1-12-6-7-17-15(12)16(20)18-13-2-4-14(5-3-13)19-8-10-21-11-9-19/h2-5,12,15,17H,6-11H2,1H3,(H,18,20). The number of morpholine rings is 1. The summed E-state index contributed by atoms with van der Waals surface area (Å²) in [7, 11) is 0. The monoisotopic (exact) mass is 289 g/mol. The molecule has 2 atom stereocenters. The van der Waals surface area contributed by atoms with Gasteiger partial charge in [-0.05, 0) is 43.1 Å². The van der Waals surface area contributed by atoms with Crippen LogP contribution >= 0.6 is 0 Å². The lowest BCUT2D eigenvalue weighted by Gasteiger charge is -2.29. The van der Waals surface area contributed by atoms with Gasteiger partial charge in [0.1, 0.15) is 0 Å². The van der Waals surface area contributed by atoms with Gasteiger partial charge in [-0.25, -0.2) is 0 Å². The molecule has 0 aromatic heterocycles. The summed E-state index contributed by atoms with van der Waals surface area (Å²) in [4.78, 5) is 14.5. The Labute approximate surface area is 125 Å². The predicted molar refractivity (Wildman–Crippen MR) is 83.7 cm³/mol. The molecule has 5 nitrogen and oxygen atoms in total. The first-order chi connectivity index (χ1) is 10.2. The van der Waals surface area contributed by atoms with E-state index in [-0.39, 0.29) is 11.9 Å². The molecule has 0 bridgehead atoms. The van der Waals surface area contributed by atoms with Crippen LogP contribution in [0.1, 0.15) is 13.3 Å². The van der Waals surface area contributed by atoms with E-state index in [1.807, 2.05) is 12.1 Å². The van der Waals surface area contributed by atoms with Crippen molar-refractivity contribution in [2.45, 2.75) is 19.4 Å². The molecule has 2 N–H and O–H groups in total. The summed E-state index contributed by atoms with van der Waals surface area (Å²) in [5.74, 6) is 0.469. The number of hydrogen-bond donors (Lipinski definition) is 2. The van der Waals surface area contributed by atoms with Crippen molar-refractivity contribution in [1.82, 2.24) is 5.32 Å². The minimum atomic E-state index is -0.0658. The van der Waals surface area contributed by atoms with Crippen LogP contribution in [0, 0.1) is 5.92 Å². The minimum absolute atomic E-state index is 0.0658. The van der Waals surface area contributed by atoms with Crippen LogP contribution in [-0.4, -0.2) is 44.8 Å². The van der Waals surface area contributed by atoms with Gasteiger partial charge in [-0.3, -0.25) is 4.79 Å². The summed E-state index contributed by atoms with van der Waals surface area (Å²) in [6.45, 7) is 6.46. The van der Waals surface area contributed by atoms with Crippen LogP contribution in [0.5, 0.6) is 0 Å². The molecule has 2 fully saturated rings. The second-order valence-corrected chi connectivity index (χ2v) is 5.83. The molecule has 0 radical (unpaired) electrons. The number of nitrogens with one attached hydrogen (secondary N) is 2. The van der Waals surface area contributed by atoms with Gasteiger partial charge in [0.15, 0.2) is 0 Å². The van der Waals surface area contributed by atoms with Crippen LogP contribution in [0.25, 0.3) is 0 Å². The first kappa shape index (κ1) is 14.4. The highest BCUT2D eigenvalue weighted by molar-refractivity contribution is 5.95. The second-order valence-electron chi connectivity index (χ2n) is 5.83. The van der Waals surface area contributed by atoms with Gasteiger partial charge in [-0.1, -0.05) is 6.92 Å². The zero-order chi connectivity index (χ0) is 14.7. The maximum absolute atomic E-state index is 12.2. The van der Waals surface area contributed by atoms with Crippen LogP contribution in [0.15, 0.2) is 24.3 Å². The predicted octanol–water partition coefficient (Wildman–Crippen LogP) is 1.46. The van der Waals surface area contributed by atoms with Crippen molar-refractivity contribution < 1.29 is 9.53 Å². The Morgan fingerprint density at radius 1 is 1.29 bits per heavy atom. The molecule has 0 spiro atoms. The van der Waals surface area contributed by atoms with E-state index in [1.54, 1.807) is 0 Å². The molecular formula is C16H23N3O2. The van der Waals surface area contributed by atoms with Gasteiger partial charge < -0.3 is 20.3 Å². The molecule has 2 saturated heterocycles. The largest absolute Gasteiger partial charge is 0.378 e. The highest BCUT2D eigenvalue weighted by Crippen LogP contribution is 2.20. The summed E-state index contributed by atoms with van der Waals surface area (Å²) in [5.41, 5.74) is 2.04. The van der Waals surface area contributed by atoms with E-state index in [1.165, 1.54) is 5.69 Å². The summed E-state index contributed by atoms with van der Waals surface area (Å²) in [5, 5.41) is 6.26. The fraction of sp³-hybridized carbons (Fsp3) is 0.562. The van der Waals surface area contributed by atoms with Crippen LogP contribution in [0.2, 0.25) is 0 Å². The Balaban J connectivity index is 1.60. The summed E-state index contributed by atoms with van der Waals surface area (Å²) in [6.07, 6.45) is 1.06. The van der Waals surface area contributed by atoms with Crippen molar-refractivity contribution >= 4 is 17.3 Å². The van der Waals surface area contributed by atoms with Gasteiger partial charge in [0.05, 0.1) is 19.3 Å². The molecule has 21 heavy (non-hydrogen) atoms. The number of anilines is 2. The molecule has 1 aromatic carbocycles. The Bertz CT molecular complexity index is 483. The molecule has 114 valence electrons. The van der Waals surface area contributed by atoms with Crippen LogP contribution < -0.4 is 15.5 Å². The van der Waals surface area contributed by atoms with Crippen LogP contribution in [-0.2, 0) is 9.53 Å². The topological polar surface area (TPSA) is 53.6 Å². The fourth-order valence-electron chi connectivity index (χ4n) is 2.98. The van der Waals surface area contributed by atoms with Gasteiger partial charge in [-0.2, -0.15) is 0 Å². The Kier molecular flexibility index (Phi) is 4.41. The molecule has 1 aromatic rings. The lowest BCUT2D eigenvalue weighted by atomic mass is 10.0. The number of ether oxygens (including phenoxy) is 1. The van der Waals surface area contributed by atoms with Crippen LogP contribution in [0.3, 0.4) is 0 Å². The van der Waals surface area contributed by atoms with Crippen molar-refractivity contribution in [2.24, 2.45) is 5.92 Å². The van der Waals surface area contributed by atoms with E-state index in [4.69, 9.17) is 4.74 Å². The Morgan fingerprint density at radius 2 is 2.00 bits per heavy atom. The number of carbonyl (C=O) groups excluding carboxylic acids is 1. The zero-order valence-electron chi connectivity index (χ0n) is 12.5. The Morgan fingerprint density at radius 3 is 2.62 bits per heavy atom. The van der Waals surface area contributed by atoms with Gasteiger partial charge in [-0.15, -0.1) is 0 Å². The lowest BCUT2D eigenvalue weighted by molar-refractivity contribution is -0.118. The van der Waals surface area contributed by atoms with Crippen molar-refractivity contribution in [3.8, 4) is 0 Å². The van der Waals surface area contributed by atoms with E-state index in [0.717, 1.165) is 45.0 Å². The lowest BCUT2D eigenvalue weighted by Crippen LogP contribution is -2.39. The zero-order valence-corrected chi connectivity index (χ0v) is 12.5. The SMILES string of the molecule is CC1CCNC1C(=O)Nc1ccc(N2CCOCC2)cc1. The van der Waals surface area contributed by atoms with E-state index in [2.05, 4.69) is 34.6 Å². The summed E-state index contributed by atoms with van der Waals surface area (Å²) >= 11 is 0. The molecule has 3 rings (SSSR count). The third-order valence-corrected chi connectivity index (χ3v) is 4.33. The molecule has 2 aliphatic rings. The van der Waals surface area contributed by atoms with Crippen molar-refractivity contribution in [2.75, 3.05) is 43.1 Å². The molecular weight excluding hydrogens is 266 g/mol. The first-order valence-electron chi connectivity index (χ1n) is 7.71. The molecule has 0 aliphatic carbocycles. The van der Waals surface area contributed by atoms with Gasteiger partial charge >= 0.3 is 0 Å². The quantitative estimate of drug-likeness (QED) is 0.884. The third-order valence-electron chi connectivity index (χ3n) is 4.33. The molecule has 0 saturated carbocycles. The highest BCUT2D eigenvalue weighted by atomic mass is 16.5. The van der Waals surface area contributed by atoms with Crippen molar-refractivity contribution in [1.29, 1.82) is 0 Å². The fourth-order valence-corrected chi connectivity index (χ4v) is 2.98. The average molecular weight is 289 g/mol. The molecule has 2 heterocycles. The highest BCUT2D eigenvalue weighted by Gasteiger charge is 2.29. The van der Waals surface area contributed by atoms with Gasteiger partial charge in [0.25, 0.3) is 0 Å². The number of benzene rings is 1. The van der Waals surface area contributed by atoms with Crippen molar-refractivity contribution in [3.63, 3.8) is 0 Å². The average Bonchev–Trinajstić information content (AvgIpc) is 2.95. The number of amides is 1. The summed E-state index contributed by atoms with van der Waals surface area (Å²) in [6, 6.07) is 8.01. The van der Waals surface area contributed by atoms with Gasteiger partial charge in [0, 0.05) is 24.5 Å². The maximum atomic E-state index is 12.2. The summed E-state index contributed by atoms with van der Waals surface area (Å²) < 4.78 is 5.36. The molecule has 2 unspecified atom stereocenters. The number of hydrogen-bond acceptors (Lipinski definition) is 4. The smallest absolute Gasteiger partial charge is 0.241 e. The van der Waals surface area contributed by atoms with Gasteiger partial charge in [0.2, 0.25) is 5.91 Å². The molecule has 5 heteroatoms. The molecule has 2 aliphatic heterocycles. The van der Waals surface area contributed by atoms with E-state index in [9.17, 15) is 4.79 Å². The first-order valence-corrected chi connectivity index (χ1v) is 7.71. The number of nitrogens with zero attached hydrogens (tertiary/aromatic N) is 1.